The molecule has 4 aromatic carbocycles. The minimum absolute atomic E-state index is 0.450. The van der Waals surface area contributed by atoms with Crippen molar-refractivity contribution in [3.63, 3.8) is 0 Å². The van der Waals surface area contributed by atoms with Gasteiger partial charge in [-0.25, -0.2) is 4.98 Å². The summed E-state index contributed by atoms with van der Waals surface area (Å²) in [6, 6.07) is 30.9. The van der Waals surface area contributed by atoms with Crippen LogP contribution in [-0.4, -0.2) is 37.1 Å². The molecule has 6 nitrogen and oxygen atoms in total. The number of fused-ring (bicyclic) bond motifs is 4. The lowest BCUT2D eigenvalue weighted by atomic mass is 9.78. The third kappa shape index (κ3) is 7.36. The number of pyridine rings is 4. The van der Waals surface area contributed by atoms with Gasteiger partial charge in [-0.1, -0.05) is 95.6 Å². The summed E-state index contributed by atoms with van der Waals surface area (Å²) in [7, 11) is -1.46. The molecule has 0 unspecified atom stereocenters. The number of benzene rings is 4. The molecular weight excluding hydrogens is 647 g/mol. The summed E-state index contributed by atoms with van der Waals surface area (Å²) in [6.07, 6.45) is 10.7. The number of halogens is 1. The zero-order chi connectivity index (χ0) is 32.9. The van der Waals surface area contributed by atoms with E-state index >= 15 is 0 Å². The maximum Gasteiger partial charge on any atom is 0.490 e. The van der Waals surface area contributed by atoms with Crippen molar-refractivity contribution in [1.29, 1.82) is 0 Å². The summed E-state index contributed by atoms with van der Waals surface area (Å²) in [5.41, 5.74) is 7.13. The van der Waals surface area contributed by atoms with E-state index in [1.807, 2.05) is 68.1 Å². The van der Waals surface area contributed by atoms with Crippen molar-refractivity contribution in [2.75, 3.05) is 0 Å². The monoisotopic (exact) mass is 678 g/mol. The fraction of sp³-hybridized carbons (Fsp3) is 0.0769. The second-order valence-electron chi connectivity index (χ2n) is 11.5. The van der Waals surface area contributed by atoms with Gasteiger partial charge in [0.25, 0.3) is 0 Å². The topological polar surface area (TPSA) is 92.0 Å². The maximum atomic E-state index is 9.13. The lowest BCUT2D eigenvalue weighted by Gasteiger charge is -2.07. The second kappa shape index (κ2) is 14.2. The van der Waals surface area contributed by atoms with E-state index in [2.05, 4.69) is 99.3 Å². The van der Waals surface area contributed by atoms with Crippen LogP contribution in [0.1, 0.15) is 16.7 Å². The highest BCUT2D eigenvalue weighted by Crippen LogP contribution is 2.28. The Morgan fingerprint density at radius 2 is 1.06 bits per heavy atom. The maximum absolute atomic E-state index is 9.13. The Morgan fingerprint density at radius 3 is 1.74 bits per heavy atom. The van der Waals surface area contributed by atoms with Crippen LogP contribution in [0, 0.1) is 20.8 Å². The lowest BCUT2D eigenvalue weighted by molar-refractivity contribution is 0.426. The van der Waals surface area contributed by atoms with Crippen LogP contribution in [0.5, 0.6) is 0 Å². The van der Waals surface area contributed by atoms with Crippen molar-refractivity contribution >= 4 is 71.7 Å². The van der Waals surface area contributed by atoms with Crippen LogP contribution in [0.3, 0.4) is 0 Å². The van der Waals surface area contributed by atoms with Crippen LogP contribution in [0.15, 0.2) is 133 Å². The average molecular weight is 679 g/mol. The summed E-state index contributed by atoms with van der Waals surface area (Å²) in [5, 5.41) is 25.9. The van der Waals surface area contributed by atoms with Crippen molar-refractivity contribution in [3.05, 3.63) is 149 Å². The molecule has 4 aromatic heterocycles. The van der Waals surface area contributed by atoms with Gasteiger partial charge in [-0.15, -0.1) is 0 Å². The number of hydrogen-bond acceptors (Lipinski definition) is 6. The summed E-state index contributed by atoms with van der Waals surface area (Å²) >= 11 is 3.47. The molecule has 8 rings (SSSR count). The molecule has 0 aliphatic rings. The minimum Gasteiger partial charge on any atom is -0.423 e. The predicted octanol–water partition coefficient (Wildman–Crippen LogP) is 8.29. The summed E-state index contributed by atoms with van der Waals surface area (Å²) in [4.78, 5) is 17.2. The second-order valence-corrected chi connectivity index (χ2v) is 12.3. The van der Waals surface area contributed by atoms with E-state index < -0.39 is 7.12 Å². The fourth-order valence-corrected chi connectivity index (χ4v) is 5.91. The first-order valence-electron chi connectivity index (χ1n) is 15.2. The Kier molecular flexibility index (Phi) is 9.64. The molecule has 8 aromatic rings. The predicted molar refractivity (Wildman–Crippen MR) is 198 cm³/mol. The molecular formula is C39H32BBrN4O2. The SMILES string of the molecule is Cc1ccc2cncc(-c3ccc4ccccc4n3)c2c1.Cc1ccc2cncc(B(O)O)c2c1.Cc1ccc2cncc(Br)c2c1. The van der Waals surface area contributed by atoms with Gasteiger partial charge in [0.2, 0.25) is 0 Å². The van der Waals surface area contributed by atoms with Gasteiger partial charge in [0, 0.05) is 68.8 Å². The number of hydrogen-bond donors (Lipinski definition) is 2. The van der Waals surface area contributed by atoms with E-state index in [1.165, 1.54) is 33.5 Å². The standard InChI is InChI=1S/C19H14N2.C10H10BNO2.C10H8BrN/c1-13-6-7-15-11-20-12-17(16(15)10-13)19-9-8-14-4-2-3-5-18(14)21-19;1-7-2-3-8-5-12-6-10(11(13)14)9(8)4-7;1-7-2-3-8-5-12-6-10(11)9(8)4-7/h2-12H,1H3;2-6,13-14H,1H3;2-6H,1H3. The van der Waals surface area contributed by atoms with Gasteiger partial charge in [-0.2, -0.15) is 0 Å². The number of rotatable bonds is 2. The van der Waals surface area contributed by atoms with E-state index in [-0.39, 0.29) is 0 Å². The molecule has 0 spiro atoms. The highest BCUT2D eigenvalue weighted by Gasteiger charge is 2.14. The summed E-state index contributed by atoms with van der Waals surface area (Å²) < 4.78 is 1.06. The third-order valence-corrected chi connectivity index (χ3v) is 8.52. The van der Waals surface area contributed by atoms with Crippen LogP contribution < -0.4 is 5.46 Å². The number of aromatic nitrogens is 4. The zero-order valence-corrected chi connectivity index (χ0v) is 27.8. The van der Waals surface area contributed by atoms with Crippen LogP contribution in [0.2, 0.25) is 0 Å². The molecule has 0 saturated carbocycles. The smallest absolute Gasteiger partial charge is 0.423 e. The number of para-hydroxylation sites is 1. The quantitative estimate of drug-likeness (QED) is 0.179. The fourth-order valence-electron chi connectivity index (χ4n) is 5.45. The highest BCUT2D eigenvalue weighted by atomic mass is 79.9. The Morgan fingerprint density at radius 1 is 0.532 bits per heavy atom. The molecule has 47 heavy (non-hydrogen) atoms. The van der Waals surface area contributed by atoms with Gasteiger partial charge in [0.05, 0.1) is 11.2 Å². The first-order chi connectivity index (χ1) is 22.8. The van der Waals surface area contributed by atoms with Gasteiger partial charge in [0.15, 0.2) is 0 Å². The molecule has 230 valence electrons. The molecule has 0 fully saturated rings. The van der Waals surface area contributed by atoms with Gasteiger partial charge in [-0.3, -0.25) is 15.0 Å². The van der Waals surface area contributed by atoms with Crippen LogP contribution >= 0.6 is 15.9 Å². The molecule has 0 atom stereocenters. The van der Waals surface area contributed by atoms with Crippen molar-refractivity contribution < 1.29 is 10.0 Å². The van der Waals surface area contributed by atoms with E-state index in [0.29, 0.717) is 5.46 Å². The molecule has 0 aliphatic carbocycles. The number of aryl methyl sites for hydroxylation is 3. The van der Waals surface area contributed by atoms with Crippen LogP contribution in [0.4, 0.5) is 0 Å². The van der Waals surface area contributed by atoms with Gasteiger partial charge < -0.3 is 10.0 Å². The molecule has 0 bridgehead atoms. The van der Waals surface area contributed by atoms with Crippen molar-refractivity contribution in [2.45, 2.75) is 20.8 Å². The molecule has 8 heteroatoms. The van der Waals surface area contributed by atoms with Crippen LogP contribution in [-0.2, 0) is 0 Å². The minimum atomic E-state index is -1.46. The summed E-state index contributed by atoms with van der Waals surface area (Å²) in [6.45, 7) is 6.16. The molecule has 0 saturated heterocycles. The van der Waals surface area contributed by atoms with Crippen molar-refractivity contribution in [3.8, 4) is 11.3 Å². The van der Waals surface area contributed by atoms with Crippen LogP contribution in [0.25, 0.3) is 54.5 Å². The van der Waals surface area contributed by atoms with E-state index in [1.54, 1.807) is 6.20 Å². The normalized spacial score (nSPS) is 10.8. The lowest BCUT2D eigenvalue weighted by Crippen LogP contribution is -2.30. The average Bonchev–Trinajstić information content (AvgIpc) is 3.08. The molecule has 2 N–H and O–H groups in total. The Balaban J connectivity index is 0.000000130. The Labute approximate surface area is 282 Å². The third-order valence-electron chi connectivity index (χ3n) is 7.88. The van der Waals surface area contributed by atoms with Gasteiger partial charge >= 0.3 is 7.12 Å². The van der Waals surface area contributed by atoms with Crippen molar-refractivity contribution in [1.82, 2.24) is 19.9 Å². The largest absolute Gasteiger partial charge is 0.490 e. The first-order valence-corrected chi connectivity index (χ1v) is 16.0. The van der Waals surface area contributed by atoms with Crippen molar-refractivity contribution in [2.24, 2.45) is 0 Å². The molecule has 0 radical (unpaired) electrons. The summed E-state index contributed by atoms with van der Waals surface area (Å²) in [5.74, 6) is 0. The van der Waals surface area contributed by atoms with E-state index in [9.17, 15) is 0 Å². The highest BCUT2D eigenvalue weighted by molar-refractivity contribution is 9.10. The zero-order valence-electron chi connectivity index (χ0n) is 26.3. The number of nitrogens with zero attached hydrogens (tertiary/aromatic N) is 4. The van der Waals surface area contributed by atoms with Gasteiger partial charge in [0.1, 0.15) is 0 Å². The van der Waals surface area contributed by atoms with E-state index in [4.69, 9.17) is 15.0 Å². The Hall–Kier alpha value is -5.02. The first kappa shape index (κ1) is 31.9. The Bertz CT molecular complexity index is 2360. The van der Waals surface area contributed by atoms with Gasteiger partial charge in [-0.05, 0) is 70.4 Å². The molecule has 0 amide bonds. The van der Waals surface area contributed by atoms with E-state index in [0.717, 1.165) is 48.4 Å². The molecule has 0 aliphatic heterocycles. The molecule has 4 heterocycles.